The van der Waals surface area contributed by atoms with Gasteiger partial charge in [0.1, 0.15) is 6.61 Å². The highest BCUT2D eigenvalue weighted by Crippen LogP contribution is 2.30. The Morgan fingerprint density at radius 3 is 2.80 bits per heavy atom. The van der Waals surface area contributed by atoms with Crippen LogP contribution in [-0.2, 0) is 11.3 Å². The molecule has 8 heteroatoms. The minimum absolute atomic E-state index is 0.208. The minimum atomic E-state index is -0.208. The number of morpholine rings is 1. The standard InChI is InChI=1S/C22H23N3O4S/c1-27-21-12-16(6-7-20(21)29-13-17-14-30-15-23-17)22(26)24-18-4-2-3-5-19(18)25-8-10-28-11-9-25/h2-7,12,14-15H,8-11,13H2,1H3,(H,24,26). The van der Waals surface area contributed by atoms with E-state index in [-0.39, 0.29) is 5.91 Å². The topological polar surface area (TPSA) is 72.9 Å². The molecule has 1 aliphatic heterocycles. The fraction of sp³-hybridized carbons (Fsp3) is 0.273. The van der Waals surface area contributed by atoms with Crippen LogP contribution in [0, 0.1) is 0 Å². The SMILES string of the molecule is COc1cc(C(=O)Nc2ccccc2N2CCOCC2)ccc1OCc1cscn1. The van der Waals surface area contributed by atoms with Crippen molar-refractivity contribution in [2.24, 2.45) is 0 Å². The summed E-state index contributed by atoms with van der Waals surface area (Å²) >= 11 is 1.52. The summed E-state index contributed by atoms with van der Waals surface area (Å²) in [5.41, 5.74) is 4.86. The number of hydrogen-bond donors (Lipinski definition) is 1. The van der Waals surface area contributed by atoms with E-state index in [1.807, 2.05) is 29.6 Å². The Hall–Kier alpha value is -3.10. The van der Waals surface area contributed by atoms with E-state index in [1.54, 1.807) is 30.8 Å². The molecular weight excluding hydrogens is 402 g/mol. The first-order chi connectivity index (χ1) is 14.7. The van der Waals surface area contributed by atoms with E-state index in [4.69, 9.17) is 14.2 Å². The van der Waals surface area contributed by atoms with Gasteiger partial charge in [-0.25, -0.2) is 4.98 Å². The third kappa shape index (κ3) is 4.72. The van der Waals surface area contributed by atoms with Crippen LogP contribution in [0.4, 0.5) is 11.4 Å². The molecule has 0 spiro atoms. The molecule has 3 aromatic rings. The maximum Gasteiger partial charge on any atom is 0.255 e. The van der Waals surface area contributed by atoms with Crippen LogP contribution in [0.2, 0.25) is 0 Å². The van der Waals surface area contributed by atoms with Crippen LogP contribution in [0.3, 0.4) is 0 Å². The summed E-state index contributed by atoms with van der Waals surface area (Å²) in [6.45, 7) is 3.31. The Morgan fingerprint density at radius 2 is 2.03 bits per heavy atom. The van der Waals surface area contributed by atoms with Gasteiger partial charge in [0, 0.05) is 24.0 Å². The van der Waals surface area contributed by atoms with E-state index < -0.39 is 0 Å². The molecule has 1 saturated heterocycles. The Bertz CT molecular complexity index is 988. The summed E-state index contributed by atoms with van der Waals surface area (Å²) in [7, 11) is 1.56. The third-order valence-electron chi connectivity index (χ3n) is 4.79. The van der Waals surface area contributed by atoms with E-state index >= 15 is 0 Å². The molecule has 4 rings (SSSR count). The number of benzene rings is 2. The van der Waals surface area contributed by atoms with E-state index in [2.05, 4.69) is 15.2 Å². The third-order valence-corrected chi connectivity index (χ3v) is 5.42. The Labute approximate surface area is 179 Å². The zero-order valence-electron chi connectivity index (χ0n) is 16.7. The average Bonchev–Trinajstić information content (AvgIpc) is 3.32. The molecule has 1 aliphatic rings. The van der Waals surface area contributed by atoms with Crippen molar-refractivity contribution in [2.75, 3.05) is 43.6 Å². The van der Waals surface area contributed by atoms with Gasteiger partial charge in [0.25, 0.3) is 5.91 Å². The first-order valence-corrected chi connectivity index (χ1v) is 10.6. The summed E-state index contributed by atoms with van der Waals surface area (Å²) in [4.78, 5) is 19.3. The fourth-order valence-electron chi connectivity index (χ4n) is 3.24. The molecule has 2 aromatic carbocycles. The largest absolute Gasteiger partial charge is 0.493 e. The number of rotatable bonds is 7. The van der Waals surface area contributed by atoms with Gasteiger partial charge in [0.05, 0.1) is 42.9 Å². The van der Waals surface area contributed by atoms with Crippen molar-refractivity contribution < 1.29 is 19.0 Å². The number of thiazole rings is 1. The van der Waals surface area contributed by atoms with Gasteiger partial charge in [0.15, 0.2) is 11.5 Å². The molecule has 0 aliphatic carbocycles. The van der Waals surface area contributed by atoms with Crippen LogP contribution in [-0.4, -0.2) is 44.3 Å². The lowest BCUT2D eigenvalue weighted by molar-refractivity contribution is 0.102. The van der Waals surface area contributed by atoms with Crippen molar-refractivity contribution in [3.63, 3.8) is 0 Å². The van der Waals surface area contributed by atoms with Crippen molar-refractivity contribution in [3.8, 4) is 11.5 Å². The maximum absolute atomic E-state index is 12.9. The normalized spacial score (nSPS) is 13.7. The summed E-state index contributed by atoms with van der Waals surface area (Å²) in [6.07, 6.45) is 0. The van der Waals surface area contributed by atoms with Crippen molar-refractivity contribution in [1.82, 2.24) is 4.98 Å². The predicted molar refractivity (Wildman–Crippen MR) is 117 cm³/mol. The second-order valence-electron chi connectivity index (χ2n) is 6.70. The van der Waals surface area contributed by atoms with Crippen molar-refractivity contribution in [3.05, 3.63) is 64.6 Å². The zero-order chi connectivity index (χ0) is 20.8. The number of methoxy groups -OCH3 is 1. The first kappa shape index (κ1) is 20.2. The molecule has 1 fully saturated rings. The van der Waals surface area contributed by atoms with Gasteiger partial charge in [-0.15, -0.1) is 11.3 Å². The molecule has 30 heavy (non-hydrogen) atoms. The second kappa shape index (κ2) is 9.60. The molecule has 0 bridgehead atoms. The van der Waals surface area contributed by atoms with Gasteiger partial charge in [-0.1, -0.05) is 12.1 Å². The number of nitrogens with one attached hydrogen (secondary N) is 1. The summed E-state index contributed by atoms with van der Waals surface area (Å²) in [6, 6.07) is 13.0. The van der Waals surface area contributed by atoms with E-state index in [1.165, 1.54) is 11.3 Å². The maximum atomic E-state index is 12.9. The molecule has 1 aromatic heterocycles. The number of ether oxygens (including phenoxy) is 3. The summed E-state index contributed by atoms with van der Waals surface area (Å²) < 4.78 is 16.7. The van der Waals surface area contributed by atoms with Crippen LogP contribution >= 0.6 is 11.3 Å². The quantitative estimate of drug-likeness (QED) is 0.620. The van der Waals surface area contributed by atoms with E-state index in [0.29, 0.717) is 36.9 Å². The van der Waals surface area contributed by atoms with Gasteiger partial charge in [0.2, 0.25) is 0 Å². The summed E-state index contributed by atoms with van der Waals surface area (Å²) in [5.74, 6) is 0.857. The predicted octanol–water partition coefficient (Wildman–Crippen LogP) is 3.82. The van der Waals surface area contributed by atoms with Crippen molar-refractivity contribution in [1.29, 1.82) is 0 Å². The lowest BCUT2D eigenvalue weighted by Gasteiger charge is -2.30. The van der Waals surface area contributed by atoms with Gasteiger partial charge < -0.3 is 24.4 Å². The van der Waals surface area contributed by atoms with Crippen LogP contribution < -0.4 is 19.7 Å². The Morgan fingerprint density at radius 1 is 1.20 bits per heavy atom. The lowest BCUT2D eigenvalue weighted by Crippen LogP contribution is -2.36. The Balaban J connectivity index is 1.48. The monoisotopic (exact) mass is 425 g/mol. The first-order valence-electron chi connectivity index (χ1n) is 9.65. The second-order valence-corrected chi connectivity index (χ2v) is 7.42. The number of anilines is 2. The number of para-hydroxylation sites is 2. The van der Waals surface area contributed by atoms with E-state index in [9.17, 15) is 4.79 Å². The molecule has 2 heterocycles. The number of amides is 1. The van der Waals surface area contributed by atoms with Crippen LogP contribution in [0.1, 0.15) is 16.1 Å². The van der Waals surface area contributed by atoms with Crippen LogP contribution in [0.15, 0.2) is 53.4 Å². The molecule has 7 nitrogen and oxygen atoms in total. The van der Waals surface area contributed by atoms with Gasteiger partial charge >= 0.3 is 0 Å². The summed E-state index contributed by atoms with van der Waals surface area (Å²) in [5, 5.41) is 4.95. The molecular formula is C22H23N3O4S. The van der Waals surface area contributed by atoms with E-state index in [0.717, 1.165) is 30.2 Å². The number of carbonyl (C=O) groups is 1. The van der Waals surface area contributed by atoms with Gasteiger partial charge in [-0.2, -0.15) is 0 Å². The smallest absolute Gasteiger partial charge is 0.255 e. The molecule has 0 unspecified atom stereocenters. The van der Waals surface area contributed by atoms with Crippen LogP contribution in [0.25, 0.3) is 0 Å². The molecule has 156 valence electrons. The highest BCUT2D eigenvalue weighted by Gasteiger charge is 2.17. The average molecular weight is 426 g/mol. The zero-order valence-corrected chi connectivity index (χ0v) is 17.5. The number of nitrogens with zero attached hydrogens (tertiary/aromatic N) is 2. The van der Waals surface area contributed by atoms with Gasteiger partial charge in [-0.3, -0.25) is 4.79 Å². The molecule has 1 N–H and O–H groups in total. The van der Waals surface area contributed by atoms with Crippen molar-refractivity contribution in [2.45, 2.75) is 6.61 Å². The lowest BCUT2D eigenvalue weighted by atomic mass is 10.1. The molecule has 0 radical (unpaired) electrons. The number of hydrogen-bond acceptors (Lipinski definition) is 7. The minimum Gasteiger partial charge on any atom is -0.493 e. The fourth-order valence-corrected chi connectivity index (χ4v) is 3.79. The molecule has 0 atom stereocenters. The molecule has 0 saturated carbocycles. The van der Waals surface area contributed by atoms with Crippen molar-refractivity contribution >= 4 is 28.6 Å². The number of carbonyl (C=O) groups excluding carboxylic acids is 1. The van der Waals surface area contributed by atoms with Gasteiger partial charge in [-0.05, 0) is 30.3 Å². The Kier molecular flexibility index (Phi) is 6.46. The number of aromatic nitrogens is 1. The highest BCUT2D eigenvalue weighted by molar-refractivity contribution is 7.07. The molecule has 1 amide bonds. The highest BCUT2D eigenvalue weighted by atomic mass is 32.1. The van der Waals surface area contributed by atoms with Crippen LogP contribution in [0.5, 0.6) is 11.5 Å².